The zero-order valence-corrected chi connectivity index (χ0v) is 13.1. The normalized spacial score (nSPS) is 11.4. The van der Waals surface area contributed by atoms with E-state index in [0.717, 1.165) is 16.3 Å². The van der Waals surface area contributed by atoms with Crippen LogP contribution in [0.4, 0.5) is 0 Å². The molecule has 0 spiro atoms. The average molecular weight is 285 g/mol. The van der Waals surface area contributed by atoms with Crippen LogP contribution in [0.25, 0.3) is 16.2 Å². The lowest BCUT2D eigenvalue weighted by atomic mass is 10.0. The van der Waals surface area contributed by atoms with Gasteiger partial charge in [-0.15, -0.1) is 11.3 Å². The number of rotatable bonds is 2. The lowest BCUT2D eigenvalue weighted by molar-refractivity contribution is 0.941. The molecule has 0 aliphatic heterocycles. The molecule has 0 amide bonds. The predicted molar refractivity (Wildman–Crippen MR) is 85.3 cm³/mol. The maximum Gasteiger partial charge on any atom is 0.194 e. The molecule has 2 N–H and O–H groups in total. The minimum Gasteiger partial charge on any atom is -0.325 e. The standard InChI is InChI=1S/C16H19N3S/c1-9-5-6-13(10(2)7-9)15-14(8-17)19-11(3)12(4)20-16(19)18-15/h5-7H,8,17H2,1-4H3. The van der Waals surface area contributed by atoms with Gasteiger partial charge in [0.05, 0.1) is 11.4 Å². The van der Waals surface area contributed by atoms with E-state index >= 15 is 0 Å². The molecule has 2 heterocycles. The Bertz CT molecular complexity index is 796. The van der Waals surface area contributed by atoms with Gasteiger partial charge in [0.25, 0.3) is 0 Å². The molecule has 0 bridgehead atoms. The zero-order valence-electron chi connectivity index (χ0n) is 12.3. The second-order valence-corrected chi connectivity index (χ2v) is 6.47. The molecule has 20 heavy (non-hydrogen) atoms. The first-order valence-corrected chi connectivity index (χ1v) is 7.59. The van der Waals surface area contributed by atoms with Crippen molar-refractivity contribution in [3.63, 3.8) is 0 Å². The first kappa shape index (κ1) is 13.3. The fourth-order valence-corrected chi connectivity index (χ4v) is 3.69. The molecule has 0 unspecified atom stereocenters. The van der Waals surface area contributed by atoms with Crippen LogP contribution in [-0.2, 0) is 6.54 Å². The van der Waals surface area contributed by atoms with E-state index in [0.29, 0.717) is 6.54 Å². The minimum atomic E-state index is 0.501. The lowest BCUT2D eigenvalue weighted by Gasteiger charge is -2.07. The molecular formula is C16H19N3S. The Labute approximate surface area is 123 Å². The van der Waals surface area contributed by atoms with E-state index in [-0.39, 0.29) is 0 Å². The van der Waals surface area contributed by atoms with Gasteiger partial charge in [0.15, 0.2) is 4.96 Å². The molecule has 3 nitrogen and oxygen atoms in total. The molecule has 0 aliphatic rings. The summed E-state index contributed by atoms with van der Waals surface area (Å²) in [7, 11) is 0. The van der Waals surface area contributed by atoms with Crippen LogP contribution in [0, 0.1) is 27.7 Å². The largest absolute Gasteiger partial charge is 0.325 e. The van der Waals surface area contributed by atoms with Crippen molar-refractivity contribution in [1.82, 2.24) is 9.38 Å². The zero-order chi connectivity index (χ0) is 14.4. The summed E-state index contributed by atoms with van der Waals surface area (Å²) < 4.78 is 2.20. The third-order valence-electron chi connectivity index (χ3n) is 3.86. The van der Waals surface area contributed by atoms with E-state index in [1.54, 1.807) is 11.3 Å². The number of hydrogen-bond acceptors (Lipinski definition) is 3. The highest BCUT2D eigenvalue weighted by molar-refractivity contribution is 7.17. The number of nitrogens with two attached hydrogens (primary N) is 1. The van der Waals surface area contributed by atoms with Crippen LogP contribution in [0.1, 0.15) is 27.4 Å². The molecule has 0 fully saturated rings. The molecule has 4 heteroatoms. The predicted octanol–water partition coefficient (Wildman–Crippen LogP) is 3.76. The Morgan fingerprint density at radius 1 is 1.20 bits per heavy atom. The SMILES string of the molecule is Cc1ccc(-c2nc3sc(C)c(C)n3c2CN)c(C)c1. The lowest BCUT2D eigenvalue weighted by Crippen LogP contribution is -2.04. The third-order valence-corrected chi connectivity index (χ3v) is 4.92. The second-order valence-electron chi connectivity index (χ2n) is 5.29. The van der Waals surface area contributed by atoms with Gasteiger partial charge in [0, 0.05) is 22.7 Å². The number of nitrogens with zero attached hydrogens (tertiary/aromatic N) is 2. The Morgan fingerprint density at radius 3 is 2.60 bits per heavy atom. The van der Waals surface area contributed by atoms with Crippen molar-refractivity contribution >= 4 is 16.3 Å². The van der Waals surface area contributed by atoms with E-state index in [1.807, 2.05) is 0 Å². The highest BCUT2D eigenvalue weighted by Crippen LogP contribution is 2.32. The molecule has 0 atom stereocenters. The van der Waals surface area contributed by atoms with Gasteiger partial charge in [-0.05, 0) is 33.3 Å². The van der Waals surface area contributed by atoms with Crippen molar-refractivity contribution in [3.8, 4) is 11.3 Å². The fraction of sp³-hybridized carbons (Fsp3) is 0.312. The van der Waals surface area contributed by atoms with Crippen molar-refractivity contribution in [2.45, 2.75) is 34.2 Å². The van der Waals surface area contributed by atoms with Gasteiger partial charge >= 0.3 is 0 Å². The van der Waals surface area contributed by atoms with E-state index < -0.39 is 0 Å². The fourth-order valence-electron chi connectivity index (χ4n) is 2.70. The summed E-state index contributed by atoms with van der Waals surface area (Å²) in [4.78, 5) is 7.17. The van der Waals surface area contributed by atoms with Crippen molar-refractivity contribution in [2.75, 3.05) is 0 Å². The first-order valence-electron chi connectivity index (χ1n) is 6.78. The van der Waals surface area contributed by atoms with Gasteiger partial charge in [-0.3, -0.25) is 4.40 Å². The van der Waals surface area contributed by atoms with Crippen molar-refractivity contribution < 1.29 is 0 Å². The number of hydrogen-bond donors (Lipinski definition) is 1. The summed E-state index contributed by atoms with van der Waals surface area (Å²) >= 11 is 1.73. The van der Waals surface area contributed by atoms with E-state index in [9.17, 15) is 0 Å². The van der Waals surface area contributed by atoms with Crippen LogP contribution in [0.2, 0.25) is 0 Å². The first-order chi connectivity index (χ1) is 9.52. The number of imidazole rings is 1. The molecular weight excluding hydrogens is 266 g/mol. The van der Waals surface area contributed by atoms with Crippen LogP contribution >= 0.6 is 11.3 Å². The summed E-state index contributed by atoms with van der Waals surface area (Å²) in [6.45, 7) is 9.01. The van der Waals surface area contributed by atoms with Gasteiger partial charge in [0.1, 0.15) is 0 Å². The second kappa shape index (κ2) is 4.72. The highest BCUT2D eigenvalue weighted by Gasteiger charge is 2.18. The van der Waals surface area contributed by atoms with Crippen LogP contribution in [0.3, 0.4) is 0 Å². The monoisotopic (exact) mass is 285 g/mol. The number of fused-ring (bicyclic) bond motifs is 1. The smallest absolute Gasteiger partial charge is 0.194 e. The van der Waals surface area contributed by atoms with Crippen LogP contribution in [-0.4, -0.2) is 9.38 Å². The highest BCUT2D eigenvalue weighted by atomic mass is 32.1. The average Bonchev–Trinajstić information content (AvgIpc) is 2.87. The quantitative estimate of drug-likeness (QED) is 0.779. The number of aromatic nitrogens is 2. The Balaban J connectivity index is 2.31. The number of thiazole rings is 1. The van der Waals surface area contributed by atoms with Crippen molar-refractivity contribution in [2.24, 2.45) is 5.73 Å². The molecule has 0 aliphatic carbocycles. The number of benzene rings is 1. The molecule has 0 saturated heterocycles. The molecule has 2 aromatic heterocycles. The Kier molecular flexibility index (Phi) is 3.15. The van der Waals surface area contributed by atoms with Gasteiger partial charge in [-0.1, -0.05) is 23.8 Å². The van der Waals surface area contributed by atoms with Crippen molar-refractivity contribution in [3.05, 3.63) is 45.6 Å². The molecule has 0 radical (unpaired) electrons. The van der Waals surface area contributed by atoms with E-state index in [4.69, 9.17) is 10.7 Å². The maximum absolute atomic E-state index is 6.00. The van der Waals surface area contributed by atoms with Gasteiger partial charge in [-0.2, -0.15) is 0 Å². The van der Waals surface area contributed by atoms with Gasteiger partial charge < -0.3 is 5.73 Å². The summed E-state index contributed by atoms with van der Waals surface area (Å²) in [5.41, 5.74) is 13.1. The Hall–Kier alpha value is -1.65. The summed E-state index contributed by atoms with van der Waals surface area (Å²) in [5.74, 6) is 0. The van der Waals surface area contributed by atoms with E-state index in [1.165, 1.54) is 27.3 Å². The van der Waals surface area contributed by atoms with Crippen LogP contribution < -0.4 is 5.73 Å². The Morgan fingerprint density at radius 2 is 1.95 bits per heavy atom. The minimum absolute atomic E-state index is 0.501. The van der Waals surface area contributed by atoms with Gasteiger partial charge in [0.2, 0.25) is 0 Å². The summed E-state index contributed by atoms with van der Waals surface area (Å²) in [5, 5.41) is 0. The van der Waals surface area contributed by atoms with Crippen molar-refractivity contribution in [1.29, 1.82) is 0 Å². The molecule has 3 aromatic rings. The van der Waals surface area contributed by atoms with Crippen LogP contribution in [0.5, 0.6) is 0 Å². The molecule has 3 rings (SSSR count). The molecule has 104 valence electrons. The summed E-state index contributed by atoms with van der Waals surface area (Å²) in [6, 6.07) is 6.48. The topological polar surface area (TPSA) is 43.3 Å². The van der Waals surface area contributed by atoms with E-state index in [2.05, 4.69) is 50.3 Å². The third kappa shape index (κ3) is 1.87. The molecule has 0 saturated carbocycles. The summed E-state index contributed by atoms with van der Waals surface area (Å²) in [6.07, 6.45) is 0. The maximum atomic E-state index is 6.00. The van der Waals surface area contributed by atoms with Gasteiger partial charge in [-0.25, -0.2) is 4.98 Å². The molecule has 1 aromatic carbocycles. The van der Waals surface area contributed by atoms with Crippen LogP contribution in [0.15, 0.2) is 18.2 Å². The number of aryl methyl sites for hydroxylation is 4.